The molecule has 0 aliphatic carbocycles. The summed E-state index contributed by atoms with van der Waals surface area (Å²) < 4.78 is 0. The number of hydrogen-bond donors (Lipinski definition) is 0. The summed E-state index contributed by atoms with van der Waals surface area (Å²) in [6, 6.07) is 7.00. The van der Waals surface area contributed by atoms with E-state index < -0.39 is 0 Å². The van der Waals surface area contributed by atoms with Crippen LogP contribution in [0.4, 0.5) is 5.69 Å². The van der Waals surface area contributed by atoms with Gasteiger partial charge in [-0.1, -0.05) is 0 Å². The summed E-state index contributed by atoms with van der Waals surface area (Å²) >= 11 is 0. The molecule has 15 heavy (non-hydrogen) atoms. The van der Waals surface area contributed by atoms with Crippen LogP contribution in [0.2, 0.25) is 0 Å². The molecule has 0 aromatic heterocycles. The van der Waals surface area contributed by atoms with Crippen LogP contribution in [0.5, 0.6) is 0 Å². The summed E-state index contributed by atoms with van der Waals surface area (Å²) in [4.78, 5) is 10.1. The van der Waals surface area contributed by atoms with Crippen molar-refractivity contribution in [2.75, 3.05) is 11.5 Å². The van der Waals surface area contributed by atoms with Crippen molar-refractivity contribution in [2.24, 2.45) is 0 Å². The van der Waals surface area contributed by atoms with Crippen LogP contribution in [-0.4, -0.2) is 16.4 Å². The maximum atomic E-state index is 10.5. The van der Waals surface area contributed by atoms with Gasteiger partial charge >= 0.3 is 0 Å². The maximum absolute atomic E-state index is 10.5. The molecule has 1 aliphatic heterocycles. The minimum absolute atomic E-state index is 0.188. The summed E-state index contributed by atoms with van der Waals surface area (Å²) in [5.41, 5.74) is 1.43. The van der Waals surface area contributed by atoms with Crippen molar-refractivity contribution in [3.05, 3.63) is 39.9 Å². The lowest BCUT2D eigenvalue weighted by Gasteiger charge is -2.00. The third-order valence-electron chi connectivity index (χ3n) is 2.63. The van der Waals surface area contributed by atoms with Crippen molar-refractivity contribution in [3.8, 4) is 0 Å². The number of benzene rings is 1. The number of nitro benzene ring substituents is 1. The third kappa shape index (κ3) is 2.72. The van der Waals surface area contributed by atoms with Gasteiger partial charge in [-0.3, -0.25) is 10.1 Å². The van der Waals surface area contributed by atoms with Gasteiger partial charge in [-0.25, -0.2) is 0 Å². The van der Waals surface area contributed by atoms with Gasteiger partial charge in [0.05, 0.1) is 4.92 Å². The molecular weight excluding hydrogens is 210 g/mol. The van der Waals surface area contributed by atoms with Crippen LogP contribution in [-0.2, 0) is 16.6 Å². The van der Waals surface area contributed by atoms with E-state index in [1.54, 1.807) is 12.1 Å². The van der Waals surface area contributed by atoms with E-state index in [0.29, 0.717) is 10.9 Å². The van der Waals surface area contributed by atoms with E-state index in [2.05, 4.69) is 0 Å². The van der Waals surface area contributed by atoms with Gasteiger partial charge in [-0.15, -0.1) is 0 Å². The molecule has 1 aliphatic rings. The van der Waals surface area contributed by atoms with E-state index in [1.165, 1.54) is 29.9 Å². The molecule has 0 atom stereocenters. The molecular formula is C11H14NO2S+. The lowest BCUT2D eigenvalue weighted by Crippen LogP contribution is -2.06. The van der Waals surface area contributed by atoms with Crippen LogP contribution < -0.4 is 0 Å². The molecule has 0 saturated carbocycles. The van der Waals surface area contributed by atoms with Crippen LogP contribution >= 0.6 is 0 Å². The zero-order chi connectivity index (χ0) is 10.7. The molecule has 3 nitrogen and oxygen atoms in total. The number of nitrogens with zero attached hydrogens (tertiary/aromatic N) is 1. The summed E-state index contributed by atoms with van der Waals surface area (Å²) in [7, 11) is 0.535. The topological polar surface area (TPSA) is 43.1 Å². The fourth-order valence-corrected chi connectivity index (χ4v) is 4.19. The molecule has 2 rings (SSSR count). The standard InChI is InChI=1S/C11H14NO2S/c13-12(14)11-5-3-10(4-6-11)9-15-7-1-2-8-15/h3-6H,1-2,7-9H2/q+1. The van der Waals surface area contributed by atoms with E-state index in [0.717, 1.165) is 5.75 Å². The van der Waals surface area contributed by atoms with Gasteiger partial charge in [0.25, 0.3) is 5.69 Å². The Morgan fingerprint density at radius 1 is 1.20 bits per heavy atom. The highest BCUT2D eigenvalue weighted by atomic mass is 32.2. The fourth-order valence-electron chi connectivity index (χ4n) is 1.81. The first-order valence-corrected chi connectivity index (χ1v) is 6.86. The molecule has 1 aromatic carbocycles. The SMILES string of the molecule is O=[N+]([O-])c1ccc(C[S+]2CCCC2)cc1. The summed E-state index contributed by atoms with van der Waals surface area (Å²) in [6.07, 6.45) is 2.71. The van der Waals surface area contributed by atoms with Crippen LogP contribution in [0.15, 0.2) is 24.3 Å². The van der Waals surface area contributed by atoms with Gasteiger partial charge in [0.1, 0.15) is 17.3 Å². The van der Waals surface area contributed by atoms with Crippen molar-refractivity contribution in [2.45, 2.75) is 18.6 Å². The van der Waals surface area contributed by atoms with Crippen LogP contribution in [0.25, 0.3) is 0 Å². The second kappa shape index (κ2) is 4.66. The van der Waals surface area contributed by atoms with Crippen molar-refractivity contribution >= 4 is 16.6 Å². The fraction of sp³-hybridized carbons (Fsp3) is 0.455. The molecule has 1 fully saturated rings. The second-order valence-electron chi connectivity index (χ2n) is 3.80. The van der Waals surface area contributed by atoms with E-state index in [-0.39, 0.29) is 10.6 Å². The molecule has 0 unspecified atom stereocenters. The third-order valence-corrected chi connectivity index (χ3v) is 5.11. The Bertz CT molecular complexity index is 344. The quantitative estimate of drug-likeness (QED) is 0.450. The molecule has 0 amide bonds. The zero-order valence-corrected chi connectivity index (χ0v) is 9.33. The van der Waals surface area contributed by atoms with Crippen molar-refractivity contribution < 1.29 is 4.92 Å². The van der Waals surface area contributed by atoms with Crippen LogP contribution in [0, 0.1) is 10.1 Å². The predicted molar refractivity (Wildman–Crippen MR) is 63.1 cm³/mol. The van der Waals surface area contributed by atoms with E-state index in [9.17, 15) is 10.1 Å². The molecule has 1 saturated heterocycles. The Balaban J connectivity index is 2.00. The number of non-ortho nitro benzene ring substituents is 1. The lowest BCUT2D eigenvalue weighted by atomic mass is 10.2. The van der Waals surface area contributed by atoms with Gasteiger partial charge in [0.2, 0.25) is 0 Å². The van der Waals surface area contributed by atoms with Crippen molar-refractivity contribution in [1.82, 2.24) is 0 Å². The Morgan fingerprint density at radius 3 is 2.33 bits per heavy atom. The van der Waals surface area contributed by atoms with E-state index in [1.807, 2.05) is 12.1 Å². The van der Waals surface area contributed by atoms with Crippen molar-refractivity contribution in [1.29, 1.82) is 0 Å². The molecule has 4 heteroatoms. The minimum atomic E-state index is -0.346. The first-order valence-electron chi connectivity index (χ1n) is 5.13. The number of nitro groups is 1. The van der Waals surface area contributed by atoms with Gasteiger partial charge in [-0.05, 0) is 35.9 Å². The Hall–Kier alpha value is -1.03. The number of hydrogen-bond acceptors (Lipinski definition) is 2. The first kappa shape index (κ1) is 10.5. The summed E-state index contributed by atoms with van der Waals surface area (Å²) in [5, 5.41) is 10.5. The highest BCUT2D eigenvalue weighted by Crippen LogP contribution is 2.20. The van der Waals surface area contributed by atoms with Gasteiger partial charge in [0, 0.05) is 17.7 Å². The van der Waals surface area contributed by atoms with Crippen LogP contribution in [0.1, 0.15) is 18.4 Å². The molecule has 80 valence electrons. The van der Waals surface area contributed by atoms with E-state index in [4.69, 9.17) is 0 Å². The Morgan fingerprint density at radius 2 is 1.80 bits per heavy atom. The minimum Gasteiger partial charge on any atom is -0.258 e. The lowest BCUT2D eigenvalue weighted by molar-refractivity contribution is -0.384. The molecule has 0 bridgehead atoms. The van der Waals surface area contributed by atoms with Gasteiger partial charge in [-0.2, -0.15) is 0 Å². The molecule has 0 spiro atoms. The summed E-state index contributed by atoms with van der Waals surface area (Å²) in [6.45, 7) is 0. The largest absolute Gasteiger partial charge is 0.269 e. The Labute approximate surface area is 92.0 Å². The van der Waals surface area contributed by atoms with Gasteiger partial charge < -0.3 is 0 Å². The van der Waals surface area contributed by atoms with Crippen LogP contribution in [0.3, 0.4) is 0 Å². The monoisotopic (exact) mass is 224 g/mol. The van der Waals surface area contributed by atoms with Crippen molar-refractivity contribution in [3.63, 3.8) is 0 Å². The predicted octanol–water partition coefficient (Wildman–Crippen LogP) is 2.51. The molecule has 1 heterocycles. The highest BCUT2D eigenvalue weighted by Gasteiger charge is 2.24. The number of rotatable bonds is 3. The highest BCUT2D eigenvalue weighted by molar-refractivity contribution is 7.96. The first-order chi connectivity index (χ1) is 7.25. The average molecular weight is 224 g/mol. The Kier molecular flexibility index (Phi) is 3.26. The normalized spacial score (nSPS) is 16.8. The molecule has 0 N–H and O–H groups in total. The smallest absolute Gasteiger partial charge is 0.258 e. The maximum Gasteiger partial charge on any atom is 0.269 e. The molecule has 0 radical (unpaired) electrons. The van der Waals surface area contributed by atoms with Gasteiger partial charge in [0.15, 0.2) is 0 Å². The second-order valence-corrected chi connectivity index (χ2v) is 6.13. The summed E-state index contributed by atoms with van der Waals surface area (Å²) in [5.74, 6) is 3.80. The zero-order valence-electron chi connectivity index (χ0n) is 8.52. The molecule has 1 aromatic rings. The average Bonchev–Trinajstić information content (AvgIpc) is 2.71. The van der Waals surface area contributed by atoms with E-state index >= 15 is 0 Å².